The van der Waals surface area contributed by atoms with Gasteiger partial charge >= 0.3 is 0 Å². The maximum absolute atomic E-state index is 12.3. The van der Waals surface area contributed by atoms with Gasteiger partial charge in [0.05, 0.1) is 13.4 Å². The van der Waals surface area contributed by atoms with Crippen molar-refractivity contribution in [2.45, 2.75) is 0 Å². The summed E-state index contributed by atoms with van der Waals surface area (Å²) in [6, 6.07) is 23.0. The molecular formula is C24H21N3O3. The number of carbonyl (C=O) groups is 1. The second kappa shape index (κ2) is 8.96. The molecule has 6 nitrogen and oxygen atoms in total. The largest absolute Gasteiger partial charge is 0.496 e. The van der Waals surface area contributed by atoms with Crippen LogP contribution >= 0.6 is 0 Å². The first-order valence-electron chi connectivity index (χ1n) is 9.47. The average molecular weight is 399 g/mol. The highest BCUT2D eigenvalue weighted by Crippen LogP contribution is 2.32. The number of carbonyl (C=O) groups excluding carboxylic acids is 1. The van der Waals surface area contributed by atoms with Crippen LogP contribution in [0.25, 0.3) is 16.8 Å². The molecule has 0 saturated carbocycles. The molecule has 4 aromatic rings. The Morgan fingerprint density at radius 3 is 2.53 bits per heavy atom. The van der Waals surface area contributed by atoms with Crippen LogP contribution < -0.4 is 14.8 Å². The first-order valence-corrected chi connectivity index (χ1v) is 9.47. The van der Waals surface area contributed by atoms with Crippen molar-refractivity contribution in [2.75, 3.05) is 19.0 Å². The Hall–Kier alpha value is -4.06. The van der Waals surface area contributed by atoms with Gasteiger partial charge in [0.15, 0.2) is 6.61 Å². The van der Waals surface area contributed by atoms with Crippen molar-refractivity contribution in [3.05, 3.63) is 91.5 Å². The summed E-state index contributed by atoms with van der Waals surface area (Å²) in [7, 11) is 1.62. The van der Waals surface area contributed by atoms with E-state index in [9.17, 15) is 4.79 Å². The van der Waals surface area contributed by atoms with E-state index in [0.29, 0.717) is 17.2 Å². The van der Waals surface area contributed by atoms with E-state index in [1.807, 2.05) is 77.5 Å². The summed E-state index contributed by atoms with van der Waals surface area (Å²) in [6.45, 7) is -0.0901. The minimum Gasteiger partial charge on any atom is -0.496 e. The maximum atomic E-state index is 12.3. The summed E-state index contributed by atoms with van der Waals surface area (Å²) in [5.74, 6) is 1.06. The van der Waals surface area contributed by atoms with Gasteiger partial charge in [-0.3, -0.25) is 4.79 Å². The van der Waals surface area contributed by atoms with Crippen LogP contribution in [-0.2, 0) is 4.79 Å². The molecule has 1 N–H and O–H groups in total. The molecule has 150 valence electrons. The van der Waals surface area contributed by atoms with Crippen molar-refractivity contribution in [1.29, 1.82) is 0 Å². The van der Waals surface area contributed by atoms with Gasteiger partial charge in [-0.05, 0) is 42.0 Å². The second-order valence-electron chi connectivity index (χ2n) is 6.58. The second-order valence-corrected chi connectivity index (χ2v) is 6.58. The lowest BCUT2D eigenvalue weighted by Crippen LogP contribution is -2.20. The highest BCUT2D eigenvalue weighted by Gasteiger charge is 2.09. The maximum Gasteiger partial charge on any atom is 0.262 e. The molecule has 0 saturated heterocycles. The molecule has 0 aliphatic carbocycles. The van der Waals surface area contributed by atoms with Crippen LogP contribution in [0.15, 0.2) is 91.5 Å². The van der Waals surface area contributed by atoms with Gasteiger partial charge in [0.1, 0.15) is 11.5 Å². The fourth-order valence-corrected chi connectivity index (χ4v) is 3.10. The quantitative estimate of drug-likeness (QED) is 0.495. The number of anilines is 1. The van der Waals surface area contributed by atoms with E-state index < -0.39 is 0 Å². The van der Waals surface area contributed by atoms with E-state index in [1.165, 1.54) is 0 Å². The SMILES string of the molecule is COc1cc(NC(=O)COc2ccc(-n3ccnc3)cc2)ccc1-c1ccccc1. The molecule has 0 fully saturated rings. The molecule has 3 aromatic carbocycles. The highest BCUT2D eigenvalue weighted by molar-refractivity contribution is 5.92. The zero-order chi connectivity index (χ0) is 20.8. The van der Waals surface area contributed by atoms with E-state index in [-0.39, 0.29) is 12.5 Å². The molecule has 0 atom stereocenters. The molecule has 30 heavy (non-hydrogen) atoms. The minimum atomic E-state index is -0.247. The fourth-order valence-electron chi connectivity index (χ4n) is 3.10. The van der Waals surface area contributed by atoms with Crippen molar-refractivity contribution in [1.82, 2.24) is 9.55 Å². The summed E-state index contributed by atoms with van der Waals surface area (Å²) in [5.41, 5.74) is 3.63. The Labute approximate surface area is 174 Å². The molecule has 1 amide bonds. The number of benzene rings is 3. The van der Waals surface area contributed by atoms with Gasteiger partial charge in [-0.2, -0.15) is 0 Å². The molecule has 1 heterocycles. The number of hydrogen-bond donors (Lipinski definition) is 1. The van der Waals surface area contributed by atoms with Gasteiger partial charge in [0.25, 0.3) is 5.91 Å². The van der Waals surface area contributed by atoms with Crippen LogP contribution in [0.5, 0.6) is 11.5 Å². The molecule has 0 unspecified atom stereocenters. The topological polar surface area (TPSA) is 65.4 Å². The number of ether oxygens (including phenoxy) is 2. The Balaban J connectivity index is 1.37. The summed E-state index contributed by atoms with van der Waals surface area (Å²) in [5, 5.41) is 2.84. The number of hydrogen-bond acceptors (Lipinski definition) is 4. The summed E-state index contributed by atoms with van der Waals surface area (Å²) in [4.78, 5) is 16.3. The molecule has 4 rings (SSSR count). The van der Waals surface area contributed by atoms with Gasteiger partial charge in [-0.15, -0.1) is 0 Å². The third-order valence-electron chi connectivity index (χ3n) is 4.58. The van der Waals surface area contributed by atoms with Crippen molar-refractivity contribution in [3.63, 3.8) is 0 Å². The molecule has 0 aliphatic rings. The van der Waals surface area contributed by atoms with Crippen LogP contribution in [0, 0.1) is 0 Å². The van der Waals surface area contributed by atoms with Gasteiger partial charge < -0.3 is 19.4 Å². The zero-order valence-corrected chi connectivity index (χ0v) is 16.5. The van der Waals surface area contributed by atoms with Crippen molar-refractivity contribution >= 4 is 11.6 Å². The molecule has 0 bridgehead atoms. The number of imidazole rings is 1. The lowest BCUT2D eigenvalue weighted by atomic mass is 10.0. The van der Waals surface area contributed by atoms with E-state index in [2.05, 4.69) is 10.3 Å². The van der Waals surface area contributed by atoms with Gasteiger partial charge in [0, 0.05) is 35.4 Å². The molecule has 0 aliphatic heterocycles. The van der Waals surface area contributed by atoms with Gasteiger partial charge in [-0.1, -0.05) is 30.3 Å². The third-order valence-corrected chi connectivity index (χ3v) is 4.58. The van der Waals surface area contributed by atoms with Gasteiger partial charge in [0.2, 0.25) is 0 Å². The predicted octanol–water partition coefficient (Wildman–Crippen LogP) is 4.57. The van der Waals surface area contributed by atoms with Crippen molar-refractivity contribution in [3.8, 4) is 28.3 Å². The standard InChI is InChI=1S/C24H21N3O3/c1-29-23-15-19(7-12-22(23)18-5-3-2-4-6-18)26-24(28)16-30-21-10-8-20(9-11-21)27-14-13-25-17-27/h2-15,17H,16H2,1H3,(H,26,28). The van der Waals surface area contributed by atoms with Crippen LogP contribution in [0.2, 0.25) is 0 Å². The van der Waals surface area contributed by atoms with E-state index in [0.717, 1.165) is 16.8 Å². The first kappa shape index (κ1) is 19.3. The number of methoxy groups -OCH3 is 1. The smallest absolute Gasteiger partial charge is 0.262 e. The first-order chi connectivity index (χ1) is 14.7. The number of nitrogens with one attached hydrogen (secondary N) is 1. The Morgan fingerprint density at radius 1 is 1.03 bits per heavy atom. The lowest BCUT2D eigenvalue weighted by molar-refractivity contribution is -0.118. The molecule has 6 heteroatoms. The Bertz CT molecular complexity index is 1110. The number of nitrogens with zero attached hydrogens (tertiary/aromatic N) is 2. The highest BCUT2D eigenvalue weighted by atomic mass is 16.5. The normalized spacial score (nSPS) is 10.4. The van der Waals surface area contributed by atoms with E-state index in [1.54, 1.807) is 25.7 Å². The number of aromatic nitrogens is 2. The molecule has 0 radical (unpaired) electrons. The van der Waals surface area contributed by atoms with Crippen LogP contribution in [0.4, 0.5) is 5.69 Å². The van der Waals surface area contributed by atoms with Crippen LogP contribution in [0.3, 0.4) is 0 Å². The predicted molar refractivity (Wildman–Crippen MR) is 116 cm³/mol. The molecular weight excluding hydrogens is 378 g/mol. The van der Waals surface area contributed by atoms with Crippen LogP contribution in [-0.4, -0.2) is 29.2 Å². The number of rotatable bonds is 7. The lowest BCUT2D eigenvalue weighted by Gasteiger charge is -2.12. The molecule has 0 spiro atoms. The van der Waals surface area contributed by atoms with E-state index >= 15 is 0 Å². The summed E-state index contributed by atoms with van der Waals surface area (Å²) < 4.78 is 13.0. The Morgan fingerprint density at radius 2 is 1.83 bits per heavy atom. The fraction of sp³-hybridized carbons (Fsp3) is 0.0833. The average Bonchev–Trinajstić information content (AvgIpc) is 3.33. The zero-order valence-electron chi connectivity index (χ0n) is 16.5. The third kappa shape index (κ3) is 4.50. The van der Waals surface area contributed by atoms with Crippen molar-refractivity contribution < 1.29 is 14.3 Å². The number of amides is 1. The van der Waals surface area contributed by atoms with Crippen molar-refractivity contribution in [2.24, 2.45) is 0 Å². The van der Waals surface area contributed by atoms with Crippen LogP contribution in [0.1, 0.15) is 0 Å². The molecule has 1 aromatic heterocycles. The monoisotopic (exact) mass is 399 g/mol. The Kier molecular flexibility index (Phi) is 5.75. The van der Waals surface area contributed by atoms with E-state index in [4.69, 9.17) is 9.47 Å². The van der Waals surface area contributed by atoms with Gasteiger partial charge in [-0.25, -0.2) is 4.98 Å². The minimum absolute atomic E-state index is 0.0901. The summed E-state index contributed by atoms with van der Waals surface area (Å²) in [6.07, 6.45) is 5.30. The summed E-state index contributed by atoms with van der Waals surface area (Å²) >= 11 is 0.